The Morgan fingerprint density at radius 2 is 1.62 bits per heavy atom. The van der Waals surface area contributed by atoms with E-state index in [9.17, 15) is 14.4 Å². The van der Waals surface area contributed by atoms with Crippen molar-refractivity contribution in [2.24, 2.45) is 11.3 Å². The summed E-state index contributed by atoms with van der Waals surface area (Å²) in [5.41, 5.74) is 2.53. The van der Waals surface area contributed by atoms with Crippen LogP contribution in [0.25, 0.3) is 11.1 Å². The number of hydrogen-bond donors (Lipinski definition) is 2. The molecule has 1 unspecified atom stereocenters. The summed E-state index contributed by atoms with van der Waals surface area (Å²) in [5, 5.41) is 5.84. The minimum atomic E-state index is -0.849. The Morgan fingerprint density at radius 3 is 2.21 bits per heavy atom. The van der Waals surface area contributed by atoms with Crippen molar-refractivity contribution >= 4 is 17.8 Å². The molecule has 1 spiro atoms. The van der Waals surface area contributed by atoms with Crippen molar-refractivity contribution in [1.29, 1.82) is 0 Å². The van der Waals surface area contributed by atoms with Crippen LogP contribution in [0.1, 0.15) is 65.0 Å². The van der Waals surface area contributed by atoms with E-state index in [2.05, 4.69) is 43.5 Å². The highest BCUT2D eigenvalue weighted by Gasteiger charge is 2.53. The molecule has 1 aliphatic heterocycles. The first-order valence-corrected chi connectivity index (χ1v) is 12.2. The second-order valence-electron chi connectivity index (χ2n) is 10.8. The van der Waals surface area contributed by atoms with Crippen LogP contribution in [0.5, 0.6) is 0 Å². The van der Waals surface area contributed by atoms with Gasteiger partial charge in [0.15, 0.2) is 0 Å². The predicted octanol–water partition coefficient (Wildman–Crippen LogP) is 5.06. The maximum atomic E-state index is 13.2. The van der Waals surface area contributed by atoms with Crippen molar-refractivity contribution in [3.63, 3.8) is 0 Å². The Hall–Kier alpha value is -3.15. The molecule has 2 fully saturated rings. The van der Waals surface area contributed by atoms with E-state index in [1.54, 1.807) is 0 Å². The molecule has 4 rings (SSSR count). The maximum absolute atomic E-state index is 13.2. The first-order chi connectivity index (χ1) is 16.1. The Bertz CT molecular complexity index is 1050. The summed E-state index contributed by atoms with van der Waals surface area (Å²) in [5.74, 6) is -0.0854. The van der Waals surface area contributed by atoms with Crippen LogP contribution in [0.3, 0.4) is 0 Å². The van der Waals surface area contributed by atoms with Crippen LogP contribution in [0.4, 0.5) is 4.79 Å². The van der Waals surface area contributed by atoms with E-state index in [0.717, 1.165) is 34.4 Å². The number of imide groups is 1. The molecular formula is C28H35N3O3. The van der Waals surface area contributed by atoms with Crippen molar-refractivity contribution in [1.82, 2.24) is 15.5 Å². The summed E-state index contributed by atoms with van der Waals surface area (Å²) in [7, 11) is 0. The summed E-state index contributed by atoms with van der Waals surface area (Å²) < 4.78 is 0. The summed E-state index contributed by atoms with van der Waals surface area (Å²) >= 11 is 0. The van der Waals surface area contributed by atoms with Gasteiger partial charge in [0.2, 0.25) is 5.91 Å². The molecule has 6 nitrogen and oxygen atoms in total. The highest BCUT2D eigenvalue weighted by atomic mass is 16.2. The van der Waals surface area contributed by atoms with Gasteiger partial charge >= 0.3 is 6.03 Å². The molecule has 1 saturated carbocycles. The molecule has 2 aliphatic rings. The summed E-state index contributed by atoms with van der Waals surface area (Å²) in [6.45, 7) is 8.30. The van der Waals surface area contributed by atoms with Gasteiger partial charge in [-0.05, 0) is 60.6 Å². The number of amides is 4. The van der Waals surface area contributed by atoms with Crippen molar-refractivity contribution in [2.75, 3.05) is 6.54 Å². The third-order valence-corrected chi connectivity index (χ3v) is 7.51. The molecule has 1 heterocycles. The van der Waals surface area contributed by atoms with Crippen LogP contribution in [0.15, 0.2) is 54.6 Å². The lowest BCUT2D eigenvalue weighted by molar-refractivity contribution is -0.136. The molecule has 34 heavy (non-hydrogen) atoms. The first kappa shape index (κ1) is 24.0. The molecule has 0 aromatic heterocycles. The van der Waals surface area contributed by atoms with Gasteiger partial charge in [0.25, 0.3) is 5.91 Å². The van der Waals surface area contributed by atoms with Gasteiger partial charge in [-0.15, -0.1) is 0 Å². The van der Waals surface area contributed by atoms with Gasteiger partial charge in [0, 0.05) is 0 Å². The van der Waals surface area contributed by atoms with E-state index >= 15 is 0 Å². The third-order valence-electron chi connectivity index (χ3n) is 7.51. The highest BCUT2D eigenvalue weighted by molar-refractivity contribution is 6.09. The monoisotopic (exact) mass is 461 g/mol. The maximum Gasteiger partial charge on any atom is 0.325 e. The number of benzene rings is 2. The van der Waals surface area contributed by atoms with E-state index in [1.807, 2.05) is 49.4 Å². The molecule has 4 amide bonds. The highest BCUT2D eigenvalue weighted by Crippen LogP contribution is 2.43. The number of nitrogens with one attached hydrogen (secondary N) is 2. The number of urea groups is 1. The van der Waals surface area contributed by atoms with Crippen LogP contribution in [0, 0.1) is 11.3 Å². The van der Waals surface area contributed by atoms with Gasteiger partial charge in [0.1, 0.15) is 12.1 Å². The van der Waals surface area contributed by atoms with E-state index in [1.165, 1.54) is 0 Å². The lowest BCUT2D eigenvalue weighted by Crippen LogP contribution is -2.51. The molecule has 0 radical (unpaired) electrons. The molecule has 2 aromatic rings. The Morgan fingerprint density at radius 1 is 1.03 bits per heavy atom. The fraction of sp³-hybridized carbons (Fsp3) is 0.464. The minimum Gasteiger partial charge on any atom is -0.348 e. The smallest absolute Gasteiger partial charge is 0.325 e. The van der Waals surface area contributed by atoms with E-state index in [4.69, 9.17) is 0 Å². The van der Waals surface area contributed by atoms with Gasteiger partial charge in [0.05, 0.1) is 6.04 Å². The topological polar surface area (TPSA) is 78.5 Å². The first-order valence-electron chi connectivity index (χ1n) is 12.2. The van der Waals surface area contributed by atoms with Gasteiger partial charge in [-0.25, -0.2) is 4.79 Å². The molecule has 1 atom stereocenters. The second kappa shape index (κ2) is 9.24. The van der Waals surface area contributed by atoms with Crippen LogP contribution in [0.2, 0.25) is 0 Å². The predicted molar refractivity (Wildman–Crippen MR) is 133 cm³/mol. The third kappa shape index (κ3) is 4.86. The summed E-state index contributed by atoms with van der Waals surface area (Å²) in [6, 6.07) is 17.4. The Kier molecular flexibility index (Phi) is 6.52. The number of rotatable bonds is 5. The fourth-order valence-electron chi connectivity index (χ4n) is 5.24. The normalized spacial score (nSPS) is 23.6. The zero-order valence-corrected chi connectivity index (χ0v) is 20.6. The Labute approximate surface area is 202 Å². The van der Waals surface area contributed by atoms with Crippen LogP contribution >= 0.6 is 0 Å². The molecule has 180 valence electrons. The van der Waals surface area contributed by atoms with Crippen molar-refractivity contribution < 1.29 is 14.4 Å². The van der Waals surface area contributed by atoms with E-state index < -0.39 is 11.6 Å². The number of carbonyl (C=O) groups is 3. The fourth-order valence-corrected chi connectivity index (χ4v) is 5.24. The zero-order chi connectivity index (χ0) is 24.5. The van der Waals surface area contributed by atoms with Crippen LogP contribution < -0.4 is 10.6 Å². The molecule has 6 heteroatoms. The average molecular weight is 462 g/mol. The molecule has 2 N–H and O–H groups in total. The van der Waals surface area contributed by atoms with Gasteiger partial charge < -0.3 is 10.6 Å². The lowest BCUT2D eigenvalue weighted by Gasteiger charge is -2.40. The van der Waals surface area contributed by atoms with Crippen molar-refractivity contribution in [3.05, 3.63) is 60.2 Å². The Balaban J connectivity index is 1.35. The van der Waals surface area contributed by atoms with Crippen LogP contribution in [-0.2, 0) is 9.59 Å². The molecular weight excluding hydrogens is 426 g/mol. The average Bonchev–Trinajstić information content (AvgIpc) is 3.03. The van der Waals surface area contributed by atoms with Gasteiger partial charge in [-0.3, -0.25) is 14.5 Å². The summed E-state index contributed by atoms with van der Waals surface area (Å²) in [6.07, 6.45) is 3.04. The second-order valence-corrected chi connectivity index (χ2v) is 10.8. The van der Waals surface area contributed by atoms with E-state index in [0.29, 0.717) is 18.8 Å². The lowest BCUT2D eigenvalue weighted by atomic mass is 9.67. The standard InChI is InChI=1S/C28H35N3O3/c1-19(20-10-12-22(13-11-20)21-8-6-5-7-9-21)29-24(32)18-31-25(33)28(30-26(31)34)16-14-23(15-17-28)27(2,3)4/h5-13,19,23H,14-18H2,1-4H3,(H,29,32)(H,30,34). The van der Waals surface area contributed by atoms with Crippen LogP contribution in [-0.4, -0.2) is 34.8 Å². The van der Waals surface area contributed by atoms with Crippen molar-refractivity contribution in [2.45, 2.75) is 65.0 Å². The molecule has 1 saturated heterocycles. The van der Waals surface area contributed by atoms with E-state index in [-0.39, 0.29) is 29.8 Å². The summed E-state index contributed by atoms with van der Waals surface area (Å²) in [4.78, 5) is 39.6. The number of hydrogen-bond acceptors (Lipinski definition) is 3. The largest absolute Gasteiger partial charge is 0.348 e. The van der Waals surface area contributed by atoms with Gasteiger partial charge in [-0.2, -0.15) is 0 Å². The molecule has 1 aliphatic carbocycles. The SMILES string of the molecule is CC(NC(=O)CN1C(=O)NC2(CCC(C(C)(C)C)CC2)C1=O)c1ccc(-c2ccccc2)cc1. The number of nitrogens with zero attached hydrogens (tertiary/aromatic N) is 1. The molecule has 0 bridgehead atoms. The minimum absolute atomic E-state index is 0.183. The van der Waals surface area contributed by atoms with Crippen molar-refractivity contribution in [3.8, 4) is 11.1 Å². The molecule has 2 aromatic carbocycles. The van der Waals surface area contributed by atoms with Gasteiger partial charge in [-0.1, -0.05) is 75.4 Å². The zero-order valence-electron chi connectivity index (χ0n) is 20.6. The number of carbonyl (C=O) groups excluding carboxylic acids is 3. The quantitative estimate of drug-likeness (QED) is 0.611.